The molecule has 0 aliphatic carbocycles. The standard InChI is InChI=1S/C12H17NO2.C2H6/c1-10(2)15-12(14)13-9-8-11-6-4-3-5-7-11;1-2/h3-7,10H,8-9H2,1-2H3,(H,13,14);1-2H3. The number of hydrogen-bond acceptors (Lipinski definition) is 2. The predicted molar refractivity (Wildman–Crippen MR) is 71.1 cm³/mol. The van der Waals surface area contributed by atoms with Crippen LogP contribution in [0, 0.1) is 0 Å². The maximum absolute atomic E-state index is 11.1. The van der Waals surface area contributed by atoms with Crippen LogP contribution in [-0.2, 0) is 11.2 Å². The number of rotatable bonds is 4. The third-order valence-electron chi connectivity index (χ3n) is 1.87. The second-order valence-corrected chi connectivity index (χ2v) is 3.62. The zero-order valence-electron chi connectivity index (χ0n) is 11.2. The Morgan fingerprint density at radius 3 is 2.35 bits per heavy atom. The summed E-state index contributed by atoms with van der Waals surface area (Å²) >= 11 is 0. The van der Waals surface area contributed by atoms with Gasteiger partial charge in [0.1, 0.15) is 0 Å². The highest BCUT2D eigenvalue weighted by molar-refractivity contribution is 5.67. The monoisotopic (exact) mass is 237 g/mol. The Morgan fingerprint density at radius 1 is 1.24 bits per heavy atom. The Kier molecular flexibility index (Phi) is 8.84. The van der Waals surface area contributed by atoms with Gasteiger partial charge in [0.25, 0.3) is 0 Å². The fraction of sp³-hybridized carbons (Fsp3) is 0.500. The molecule has 0 heterocycles. The van der Waals surface area contributed by atoms with Crippen LogP contribution in [0.1, 0.15) is 33.3 Å². The summed E-state index contributed by atoms with van der Waals surface area (Å²) in [6.45, 7) is 8.27. The molecule has 0 atom stereocenters. The molecule has 0 unspecified atom stereocenters. The lowest BCUT2D eigenvalue weighted by molar-refractivity contribution is 0.116. The number of hydrogen-bond donors (Lipinski definition) is 1. The van der Waals surface area contributed by atoms with E-state index in [4.69, 9.17) is 4.74 Å². The number of amides is 1. The van der Waals surface area contributed by atoms with Gasteiger partial charge in [-0.05, 0) is 25.8 Å². The van der Waals surface area contributed by atoms with E-state index in [0.29, 0.717) is 6.54 Å². The van der Waals surface area contributed by atoms with Gasteiger partial charge in [-0.1, -0.05) is 44.2 Å². The van der Waals surface area contributed by atoms with E-state index in [-0.39, 0.29) is 12.2 Å². The van der Waals surface area contributed by atoms with Gasteiger partial charge in [-0.2, -0.15) is 0 Å². The van der Waals surface area contributed by atoms with Crippen LogP contribution in [-0.4, -0.2) is 18.7 Å². The first-order chi connectivity index (χ1) is 8.18. The van der Waals surface area contributed by atoms with Crippen LogP contribution in [0.15, 0.2) is 30.3 Å². The number of alkyl carbamates (subject to hydrolysis) is 1. The molecular formula is C14H23NO2. The molecule has 0 fully saturated rings. The molecule has 0 aliphatic rings. The van der Waals surface area contributed by atoms with Gasteiger partial charge in [0.05, 0.1) is 6.10 Å². The smallest absolute Gasteiger partial charge is 0.407 e. The lowest BCUT2D eigenvalue weighted by Gasteiger charge is -2.09. The number of nitrogens with one attached hydrogen (secondary N) is 1. The number of benzene rings is 1. The van der Waals surface area contributed by atoms with E-state index < -0.39 is 0 Å². The second kappa shape index (κ2) is 9.70. The van der Waals surface area contributed by atoms with Crippen molar-refractivity contribution in [2.45, 2.75) is 40.2 Å². The zero-order chi connectivity index (χ0) is 13.1. The topological polar surface area (TPSA) is 38.3 Å². The Balaban J connectivity index is 0.00000121. The van der Waals surface area contributed by atoms with Gasteiger partial charge in [-0.15, -0.1) is 0 Å². The van der Waals surface area contributed by atoms with Crippen molar-refractivity contribution in [1.82, 2.24) is 5.32 Å². The molecule has 0 aliphatic heterocycles. The summed E-state index contributed by atoms with van der Waals surface area (Å²) < 4.78 is 4.94. The minimum atomic E-state index is -0.346. The Hall–Kier alpha value is -1.51. The van der Waals surface area contributed by atoms with Crippen molar-refractivity contribution < 1.29 is 9.53 Å². The van der Waals surface area contributed by atoms with Crippen LogP contribution >= 0.6 is 0 Å². The van der Waals surface area contributed by atoms with Gasteiger partial charge >= 0.3 is 6.09 Å². The van der Waals surface area contributed by atoms with Gasteiger partial charge in [0, 0.05) is 6.54 Å². The van der Waals surface area contributed by atoms with Gasteiger partial charge in [-0.3, -0.25) is 0 Å². The molecule has 3 heteroatoms. The van der Waals surface area contributed by atoms with Gasteiger partial charge in [0.2, 0.25) is 0 Å². The van der Waals surface area contributed by atoms with Crippen molar-refractivity contribution in [3.05, 3.63) is 35.9 Å². The number of carbonyl (C=O) groups is 1. The Morgan fingerprint density at radius 2 is 1.82 bits per heavy atom. The molecule has 1 aromatic rings. The molecular weight excluding hydrogens is 214 g/mol. The minimum Gasteiger partial charge on any atom is -0.447 e. The van der Waals surface area contributed by atoms with Crippen molar-refractivity contribution in [2.24, 2.45) is 0 Å². The van der Waals surface area contributed by atoms with E-state index in [2.05, 4.69) is 5.32 Å². The quantitative estimate of drug-likeness (QED) is 0.871. The Bertz CT molecular complexity index is 296. The molecule has 0 aromatic heterocycles. The van der Waals surface area contributed by atoms with Crippen LogP contribution in [0.2, 0.25) is 0 Å². The summed E-state index contributed by atoms with van der Waals surface area (Å²) in [5.74, 6) is 0. The SMILES string of the molecule is CC.CC(C)OC(=O)NCCc1ccccc1. The normalized spacial score (nSPS) is 9.24. The largest absolute Gasteiger partial charge is 0.447 e. The van der Waals surface area contributed by atoms with Crippen molar-refractivity contribution in [3.63, 3.8) is 0 Å². The van der Waals surface area contributed by atoms with Crippen molar-refractivity contribution >= 4 is 6.09 Å². The van der Waals surface area contributed by atoms with E-state index in [1.54, 1.807) is 0 Å². The summed E-state index contributed by atoms with van der Waals surface area (Å²) in [7, 11) is 0. The first kappa shape index (κ1) is 15.5. The van der Waals surface area contributed by atoms with Gasteiger partial charge in [0.15, 0.2) is 0 Å². The number of carbonyl (C=O) groups excluding carboxylic acids is 1. The fourth-order valence-electron chi connectivity index (χ4n) is 1.21. The van der Waals surface area contributed by atoms with E-state index in [1.165, 1.54) is 5.56 Å². The molecule has 1 aromatic carbocycles. The molecule has 0 bridgehead atoms. The third kappa shape index (κ3) is 8.31. The highest BCUT2D eigenvalue weighted by atomic mass is 16.6. The van der Waals surface area contributed by atoms with Gasteiger partial charge < -0.3 is 10.1 Å². The van der Waals surface area contributed by atoms with E-state index in [1.807, 2.05) is 58.0 Å². The first-order valence-electron chi connectivity index (χ1n) is 6.17. The van der Waals surface area contributed by atoms with Crippen molar-refractivity contribution in [1.29, 1.82) is 0 Å². The molecule has 1 rings (SSSR count). The molecule has 1 N–H and O–H groups in total. The van der Waals surface area contributed by atoms with Gasteiger partial charge in [-0.25, -0.2) is 4.79 Å². The molecule has 0 spiro atoms. The molecule has 0 saturated heterocycles. The van der Waals surface area contributed by atoms with Crippen LogP contribution < -0.4 is 5.32 Å². The average Bonchev–Trinajstić information content (AvgIpc) is 2.32. The third-order valence-corrected chi connectivity index (χ3v) is 1.87. The van der Waals surface area contributed by atoms with Crippen molar-refractivity contribution in [3.8, 4) is 0 Å². The maximum atomic E-state index is 11.1. The summed E-state index contributed by atoms with van der Waals surface area (Å²) in [6, 6.07) is 10.0. The predicted octanol–water partition coefficient (Wildman–Crippen LogP) is 3.39. The second-order valence-electron chi connectivity index (χ2n) is 3.62. The average molecular weight is 237 g/mol. The molecule has 0 saturated carbocycles. The maximum Gasteiger partial charge on any atom is 0.407 e. The molecule has 96 valence electrons. The molecule has 3 nitrogen and oxygen atoms in total. The van der Waals surface area contributed by atoms with Crippen LogP contribution in [0.4, 0.5) is 4.79 Å². The first-order valence-corrected chi connectivity index (χ1v) is 6.17. The molecule has 0 radical (unpaired) electrons. The summed E-state index contributed by atoms with van der Waals surface area (Å²) in [6.07, 6.45) is 0.413. The highest BCUT2D eigenvalue weighted by Crippen LogP contribution is 1.98. The minimum absolute atomic E-state index is 0.0678. The fourth-order valence-corrected chi connectivity index (χ4v) is 1.21. The Labute approximate surface area is 104 Å². The highest BCUT2D eigenvalue weighted by Gasteiger charge is 2.02. The summed E-state index contributed by atoms with van der Waals surface area (Å²) in [5.41, 5.74) is 1.21. The van der Waals surface area contributed by atoms with Crippen LogP contribution in [0.25, 0.3) is 0 Å². The van der Waals surface area contributed by atoms with Crippen LogP contribution in [0.3, 0.4) is 0 Å². The summed E-state index contributed by atoms with van der Waals surface area (Å²) in [5, 5.41) is 2.70. The lowest BCUT2D eigenvalue weighted by atomic mass is 10.1. The van der Waals surface area contributed by atoms with Crippen LogP contribution in [0.5, 0.6) is 0 Å². The lowest BCUT2D eigenvalue weighted by Crippen LogP contribution is -2.28. The zero-order valence-corrected chi connectivity index (χ0v) is 11.2. The van der Waals surface area contributed by atoms with E-state index in [9.17, 15) is 4.79 Å². The molecule has 17 heavy (non-hydrogen) atoms. The summed E-state index contributed by atoms with van der Waals surface area (Å²) in [4.78, 5) is 11.1. The van der Waals surface area contributed by atoms with E-state index in [0.717, 1.165) is 6.42 Å². The molecule has 1 amide bonds. The number of ether oxygens (including phenoxy) is 1. The van der Waals surface area contributed by atoms with E-state index >= 15 is 0 Å². The van der Waals surface area contributed by atoms with Crippen molar-refractivity contribution in [2.75, 3.05) is 6.54 Å².